The number of anilines is 2. The molecule has 0 spiro atoms. The first-order valence-corrected chi connectivity index (χ1v) is 15.8. The Balaban J connectivity index is 1.02. The molecule has 0 aromatic heterocycles. The van der Waals surface area contributed by atoms with Gasteiger partial charge in [-0.25, -0.2) is 9.59 Å². The number of nitrogens with one attached hydrogen (secondary N) is 2. The third kappa shape index (κ3) is 7.47. The van der Waals surface area contributed by atoms with Gasteiger partial charge in [-0.15, -0.1) is 0 Å². The number of amides is 3. The fourth-order valence-electron chi connectivity index (χ4n) is 6.00. The zero-order chi connectivity index (χ0) is 33.0. The fraction of sp³-hybridized carbons (Fsp3) is 0.256. The van der Waals surface area contributed by atoms with Crippen molar-refractivity contribution in [3.63, 3.8) is 0 Å². The predicted molar refractivity (Wildman–Crippen MR) is 182 cm³/mol. The lowest BCUT2D eigenvalue weighted by Gasteiger charge is -2.24. The summed E-state index contributed by atoms with van der Waals surface area (Å²) < 4.78 is 11.1. The molecule has 238 valence electrons. The molecule has 2 aliphatic rings. The molecule has 3 amide bonds. The van der Waals surface area contributed by atoms with E-state index in [2.05, 4.69) is 46.7 Å². The van der Waals surface area contributed by atoms with Crippen LogP contribution in [-0.2, 0) is 14.3 Å². The van der Waals surface area contributed by atoms with Crippen molar-refractivity contribution in [3.05, 3.63) is 119 Å². The number of nitrogens with zero attached hydrogens (tertiary/aromatic N) is 1. The maximum Gasteiger partial charge on any atom is 0.412 e. The highest BCUT2D eigenvalue weighted by molar-refractivity contribution is 5.97. The van der Waals surface area contributed by atoms with Crippen LogP contribution in [0.15, 0.2) is 97.1 Å². The Labute approximate surface area is 275 Å². The fourth-order valence-corrected chi connectivity index (χ4v) is 6.00. The molecule has 4 aromatic rings. The molecule has 0 unspecified atom stereocenters. The average molecular weight is 628 g/mol. The summed E-state index contributed by atoms with van der Waals surface area (Å²) in [5, 5.41) is 5.65. The first-order chi connectivity index (χ1) is 22.6. The topological polar surface area (TPSA) is 97.0 Å². The number of benzene rings is 4. The van der Waals surface area contributed by atoms with Gasteiger partial charge in [0.05, 0.1) is 0 Å². The summed E-state index contributed by atoms with van der Waals surface area (Å²) in [4.78, 5) is 40.0. The van der Waals surface area contributed by atoms with Crippen molar-refractivity contribution >= 4 is 29.5 Å². The SMILES string of the molecule is CC(C)(C)OC(=O)Nc1ccc(C#Cc2ccc(NC(=O)[C@@H]3CCCN3C(=O)OCC3c4ccccc4-c4ccccc43)cc2)cc1. The number of hydrogen-bond donors (Lipinski definition) is 2. The van der Waals surface area contributed by atoms with Gasteiger partial charge in [0.15, 0.2) is 0 Å². The molecule has 47 heavy (non-hydrogen) atoms. The van der Waals surface area contributed by atoms with E-state index < -0.39 is 23.8 Å². The van der Waals surface area contributed by atoms with Gasteiger partial charge in [-0.05, 0) is 104 Å². The van der Waals surface area contributed by atoms with E-state index in [-0.39, 0.29) is 18.4 Å². The lowest BCUT2D eigenvalue weighted by Crippen LogP contribution is -2.43. The minimum atomic E-state index is -0.599. The molecule has 1 saturated heterocycles. The van der Waals surface area contributed by atoms with Crippen LogP contribution >= 0.6 is 0 Å². The van der Waals surface area contributed by atoms with E-state index in [4.69, 9.17) is 9.47 Å². The van der Waals surface area contributed by atoms with Crippen LogP contribution in [-0.4, -0.2) is 47.8 Å². The van der Waals surface area contributed by atoms with Crippen molar-refractivity contribution in [2.75, 3.05) is 23.8 Å². The minimum absolute atomic E-state index is 0.0385. The van der Waals surface area contributed by atoms with Crippen LogP contribution in [0.2, 0.25) is 0 Å². The first kappa shape index (κ1) is 31.4. The summed E-state index contributed by atoms with van der Waals surface area (Å²) in [6.45, 7) is 6.12. The minimum Gasteiger partial charge on any atom is -0.448 e. The second-order valence-corrected chi connectivity index (χ2v) is 12.7. The molecule has 0 radical (unpaired) electrons. The Morgan fingerprint density at radius 2 is 1.30 bits per heavy atom. The standard InChI is InChI=1S/C39H37N3O5/c1-39(2,3)47-37(44)41-29-22-18-27(19-23-29)15-14-26-16-20-28(21-17-26)40-36(43)35-13-8-24-42(35)38(45)46-25-34-32-11-6-4-9-30(32)31-10-5-7-12-33(31)34/h4-7,9-12,16-23,34-35H,8,13,24-25H2,1-3H3,(H,40,43)(H,41,44)/t35-/m0/s1. The van der Waals surface area contributed by atoms with Gasteiger partial charge in [-0.2, -0.15) is 0 Å². The molecule has 8 heteroatoms. The summed E-state index contributed by atoms with van der Waals surface area (Å²) in [7, 11) is 0. The lowest BCUT2D eigenvalue weighted by atomic mass is 9.98. The molecular weight excluding hydrogens is 590 g/mol. The molecule has 1 atom stereocenters. The van der Waals surface area contributed by atoms with E-state index in [0.717, 1.165) is 28.7 Å². The van der Waals surface area contributed by atoms with Crippen molar-refractivity contribution in [3.8, 4) is 23.0 Å². The second kappa shape index (κ2) is 13.4. The van der Waals surface area contributed by atoms with Gasteiger partial charge in [0.2, 0.25) is 5.91 Å². The summed E-state index contributed by atoms with van der Waals surface area (Å²) in [5.74, 6) is 5.94. The molecule has 1 heterocycles. The smallest absolute Gasteiger partial charge is 0.412 e. The number of rotatable bonds is 5. The molecule has 4 aromatic carbocycles. The van der Waals surface area contributed by atoms with E-state index in [1.165, 1.54) is 16.0 Å². The zero-order valence-corrected chi connectivity index (χ0v) is 26.7. The molecule has 1 aliphatic carbocycles. The molecular formula is C39H37N3O5. The third-order valence-corrected chi connectivity index (χ3v) is 8.16. The van der Waals surface area contributed by atoms with Crippen molar-refractivity contribution in [2.24, 2.45) is 0 Å². The monoisotopic (exact) mass is 627 g/mol. The van der Waals surface area contributed by atoms with Gasteiger partial charge in [-0.1, -0.05) is 60.4 Å². The Hall–Kier alpha value is -5.55. The van der Waals surface area contributed by atoms with Crippen molar-refractivity contribution in [1.82, 2.24) is 4.90 Å². The summed E-state index contributed by atoms with van der Waals surface area (Å²) >= 11 is 0. The highest BCUT2D eigenvalue weighted by Crippen LogP contribution is 2.44. The predicted octanol–water partition coefficient (Wildman–Crippen LogP) is 7.79. The molecule has 1 aliphatic heterocycles. The summed E-state index contributed by atoms with van der Waals surface area (Å²) in [6.07, 6.45) is 0.325. The van der Waals surface area contributed by atoms with Gasteiger partial charge in [-0.3, -0.25) is 15.0 Å². The summed E-state index contributed by atoms with van der Waals surface area (Å²) in [5.41, 5.74) is 6.86. The number of carbonyl (C=O) groups is 3. The number of likely N-dealkylation sites (tertiary alicyclic amines) is 1. The van der Waals surface area contributed by atoms with Crippen LogP contribution in [0.4, 0.5) is 21.0 Å². The number of hydrogen-bond acceptors (Lipinski definition) is 5. The molecule has 6 rings (SSSR count). The van der Waals surface area contributed by atoms with E-state index in [1.54, 1.807) is 24.3 Å². The third-order valence-electron chi connectivity index (χ3n) is 8.16. The van der Waals surface area contributed by atoms with Crippen LogP contribution in [0.5, 0.6) is 0 Å². The Morgan fingerprint density at radius 1 is 0.766 bits per heavy atom. The highest BCUT2D eigenvalue weighted by Gasteiger charge is 2.36. The van der Waals surface area contributed by atoms with E-state index >= 15 is 0 Å². The normalized spacial score (nSPS) is 15.1. The second-order valence-electron chi connectivity index (χ2n) is 12.7. The van der Waals surface area contributed by atoms with E-state index in [0.29, 0.717) is 24.3 Å². The number of fused-ring (bicyclic) bond motifs is 3. The molecule has 0 saturated carbocycles. The quantitative estimate of drug-likeness (QED) is 0.220. The van der Waals surface area contributed by atoms with Gasteiger partial charge in [0.1, 0.15) is 18.2 Å². The average Bonchev–Trinajstić information content (AvgIpc) is 3.67. The Kier molecular flexibility index (Phi) is 8.99. The van der Waals surface area contributed by atoms with Crippen LogP contribution in [0, 0.1) is 11.8 Å². The van der Waals surface area contributed by atoms with Crippen LogP contribution in [0.1, 0.15) is 61.8 Å². The van der Waals surface area contributed by atoms with E-state index in [1.807, 2.05) is 69.3 Å². The largest absolute Gasteiger partial charge is 0.448 e. The van der Waals surface area contributed by atoms with Crippen LogP contribution in [0.3, 0.4) is 0 Å². The molecule has 0 bridgehead atoms. The highest BCUT2D eigenvalue weighted by atomic mass is 16.6. The van der Waals surface area contributed by atoms with E-state index in [9.17, 15) is 14.4 Å². The number of carbonyl (C=O) groups excluding carboxylic acids is 3. The van der Waals surface area contributed by atoms with Crippen LogP contribution in [0.25, 0.3) is 11.1 Å². The maximum absolute atomic E-state index is 13.3. The van der Waals surface area contributed by atoms with Crippen LogP contribution < -0.4 is 10.6 Å². The molecule has 1 fully saturated rings. The van der Waals surface area contributed by atoms with Gasteiger partial charge < -0.3 is 14.8 Å². The number of ether oxygens (including phenoxy) is 2. The zero-order valence-electron chi connectivity index (χ0n) is 26.7. The van der Waals surface area contributed by atoms with Gasteiger partial charge >= 0.3 is 12.2 Å². The molecule has 2 N–H and O–H groups in total. The van der Waals surface area contributed by atoms with Crippen molar-refractivity contribution in [2.45, 2.75) is 51.2 Å². The van der Waals surface area contributed by atoms with Gasteiger partial charge in [0.25, 0.3) is 0 Å². The van der Waals surface area contributed by atoms with Crippen molar-refractivity contribution < 1.29 is 23.9 Å². The Bertz CT molecular complexity index is 1800. The first-order valence-electron chi connectivity index (χ1n) is 15.8. The lowest BCUT2D eigenvalue weighted by molar-refractivity contribution is -0.120. The maximum atomic E-state index is 13.3. The van der Waals surface area contributed by atoms with Crippen molar-refractivity contribution in [1.29, 1.82) is 0 Å². The molecule has 8 nitrogen and oxygen atoms in total. The van der Waals surface area contributed by atoms with Gasteiger partial charge in [0, 0.05) is 35.0 Å². The summed E-state index contributed by atoms with van der Waals surface area (Å²) in [6, 6.07) is 30.2. The Morgan fingerprint density at radius 3 is 1.85 bits per heavy atom.